The Bertz CT molecular complexity index is 627. The number of carbonyl (C=O) groups excluding carboxylic acids is 1. The second kappa shape index (κ2) is 7.95. The highest BCUT2D eigenvalue weighted by Gasteiger charge is 2.13. The zero-order valence-corrected chi connectivity index (χ0v) is 11.8. The van der Waals surface area contributed by atoms with Gasteiger partial charge in [-0.05, 0) is 31.5 Å². The molecule has 0 heterocycles. The van der Waals surface area contributed by atoms with Crippen LogP contribution in [0.4, 0.5) is 8.78 Å². The highest BCUT2D eigenvalue weighted by Crippen LogP contribution is 2.16. The zero-order chi connectivity index (χ0) is 15.8. The average molecular weight is 290 g/mol. The molecule has 1 atom stereocenters. The van der Waals surface area contributed by atoms with Gasteiger partial charge in [0.15, 0.2) is 11.6 Å². The van der Waals surface area contributed by atoms with Crippen molar-refractivity contribution in [3.05, 3.63) is 47.0 Å². The van der Waals surface area contributed by atoms with Gasteiger partial charge < -0.3 is 10.7 Å². The fraction of sp³-hybridized carbons (Fsp3) is 0.250. The Morgan fingerprint density at radius 1 is 1.43 bits per heavy atom. The molecule has 3 nitrogen and oxygen atoms in total. The third kappa shape index (κ3) is 4.84. The van der Waals surface area contributed by atoms with Gasteiger partial charge in [0.25, 0.3) is 5.91 Å². The Kier molecular flexibility index (Phi) is 6.28. The topological polar surface area (TPSA) is 53.0 Å². The molecule has 0 fully saturated rings. The number of allylic oxidation sites excluding steroid dienone is 1. The summed E-state index contributed by atoms with van der Waals surface area (Å²) in [6.45, 7) is 3.33. The summed E-state index contributed by atoms with van der Waals surface area (Å²) in [4.78, 5) is 12.0. The van der Waals surface area contributed by atoms with Crippen LogP contribution in [0.3, 0.4) is 0 Å². The van der Waals surface area contributed by atoms with Crippen molar-refractivity contribution in [2.24, 2.45) is 0 Å². The molecule has 1 aromatic rings. The van der Waals surface area contributed by atoms with Crippen LogP contribution in [0.25, 0.3) is 0 Å². The molecular formula is C16H16F2N2O. The first-order valence-electron chi connectivity index (χ1n) is 6.35. The Balaban J connectivity index is 2.79. The van der Waals surface area contributed by atoms with Crippen LogP contribution in [0.15, 0.2) is 29.8 Å². The number of rotatable bonds is 5. The van der Waals surface area contributed by atoms with Crippen LogP contribution in [-0.2, 0) is 4.79 Å². The van der Waals surface area contributed by atoms with Crippen molar-refractivity contribution >= 4 is 12.1 Å². The maximum absolute atomic E-state index is 13.2. The molecule has 0 aliphatic rings. The molecule has 0 saturated carbocycles. The van der Waals surface area contributed by atoms with Crippen LogP contribution in [0, 0.1) is 28.9 Å². The summed E-state index contributed by atoms with van der Waals surface area (Å²) in [6, 6.07) is 2.95. The van der Waals surface area contributed by atoms with Gasteiger partial charge in [0.05, 0.1) is 11.6 Å². The maximum atomic E-state index is 13.2. The number of carbonyl (C=O) groups is 1. The molecule has 21 heavy (non-hydrogen) atoms. The standard InChI is InChI=1S/C16H16F2N2O/c1-3-4-5-6-13(10-19)16(21)20-11(2)12-7-8-14(17)15(18)9-12/h6-11,19H,5H2,1-2H3,(H,20,21)/b13-6+,19-10?. The lowest BCUT2D eigenvalue weighted by molar-refractivity contribution is -0.117. The lowest BCUT2D eigenvalue weighted by atomic mass is 10.1. The number of amides is 1. The molecule has 1 rings (SSSR count). The van der Waals surface area contributed by atoms with Crippen LogP contribution in [0.1, 0.15) is 31.9 Å². The molecule has 0 aliphatic heterocycles. The van der Waals surface area contributed by atoms with Crippen LogP contribution in [0.5, 0.6) is 0 Å². The first kappa shape index (κ1) is 16.6. The van der Waals surface area contributed by atoms with Crippen LogP contribution >= 0.6 is 0 Å². The summed E-state index contributed by atoms with van der Waals surface area (Å²) in [5.74, 6) is 3.10. The molecule has 1 unspecified atom stereocenters. The van der Waals surface area contributed by atoms with Gasteiger partial charge in [0, 0.05) is 12.6 Å². The smallest absolute Gasteiger partial charge is 0.252 e. The molecule has 2 N–H and O–H groups in total. The van der Waals surface area contributed by atoms with Crippen LogP contribution in [0.2, 0.25) is 0 Å². The van der Waals surface area contributed by atoms with Crippen LogP contribution < -0.4 is 5.32 Å². The quantitative estimate of drug-likeness (QED) is 0.488. The van der Waals surface area contributed by atoms with E-state index in [1.54, 1.807) is 13.8 Å². The van der Waals surface area contributed by atoms with E-state index in [-0.39, 0.29) is 5.57 Å². The highest BCUT2D eigenvalue weighted by molar-refractivity contribution is 6.11. The Morgan fingerprint density at radius 2 is 2.14 bits per heavy atom. The lowest BCUT2D eigenvalue weighted by Gasteiger charge is -2.14. The predicted molar refractivity (Wildman–Crippen MR) is 77.8 cm³/mol. The van der Waals surface area contributed by atoms with Gasteiger partial charge in [-0.2, -0.15) is 0 Å². The van der Waals surface area contributed by atoms with Crippen molar-refractivity contribution in [3.8, 4) is 11.8 Å². The fourth-order valence-corrected chi connectivity index (χ4v) is 1.63. The van der Waals surface area contributed by atoms with Crippen molar-refractivity contribution < 1.29 is 13.6 Å². The number of hydrogen-bond donors (Lipinski definition) is 2. The summed E-state index contributed by atoms with van der Waals surface area (Å²) in [7, 11) is 0. The van der Waals surface area contributed by atoms with E-state index in [2.05, 4.69) is 17.2 Å². The summed E-state index contributed by atoms with van der Waals surface area (Å²) in [6.07, 6.45) is 2.84. The highest BCUT2D eigenvalue weighted by atomic mass is 19.2. The predicted octanol–water partition coefficient (Wildman–Crippen LogP) is 3.13. The fourth-order valence-electron chi connectivity index (χ4n) is 1.63. The van der Waals surface area contributed by atoms with Gasteiger partial charge in [-0.15, -0.1) is 5.92 Å². The van der Waals surface area contributed by atoms with E-state index >= 15 is 0 Å². The van der Waals surface area contributed by atoms with E-state index in [1.807, 2.05) is 0 Å². The van der Waals surface area contributed by atoms with Gasteiger partial charge in [-0.3, -0.25) is 4.79 Å². The lowest BCUT2D eigenvalue weighted by Crippen LogP contribution is -2.28. The number of hydrogen-bond acceptors (Lipinski definition) is 2. The number of halogens is 2. The molecule has 0 aromatic heterocycles. The molecule has 0 saturated heterocycles. The zero-order valence-electron chi connectivity index (χ0n) is 11.8. The SMILES string of the molecule is CC#CC/C=C(\C=N)C(=O)NC(C)c1ccc(F)c(F)c1. The first-order valence-corrected chi connectivity index (χ1v) is 6.35. The van der Waals surface area contributed by atoms with E-state index in [4.69, 9.17) is 5.41 Å². The Labute approximate surface area is 122 Å². The first-order chi connectivity index (χ1) is 9.99. The third-order valence-electron chi connectivity index (χ3n) is 2.81. The van der Waals surface area contributed by atoms with Crippen molar-refractivity contribution in [3.63, 3.8) is 0 Å². The van der Waals surface area contributed by atoms with E-state index in [9.17, 15) is 13.6 Å². The molecule has 0 bridgehead atoms. The van der Waals surface area contributed by atoms with E-state index in [1.165, 1.54) is 12.1 Å². The van der Waals surface area contributed by atoms with E-state index in [0.717, 1.165) is 18.3 Å². The second-order valence-corrected chi connectivity index (χ2v) is 4.30. The Hall–Kier alpha value is -2.48. The maximum Gasteiger partial charge on any atom is 0.252 e. The summed E-state index contributed by atoms with van der Waals surface area (Å²) >= 11 is 0. The summed E-state index contributed by atoms with van der Waals surface area (Å²) in [5, 5.41) is 9.85. The minimum atomic E-state index is -0.963. The van der Waals surface area contributed by atoms with Crippen molar-refractivity contribution in [2.75, 3.05) is 0 Å². The van der Waals surface area contributed by atoms with Crippen molar-refractivity contribution in [2.45, 2.75) is 26.3 Å². The molecule has 0 radical (unpaired) electrons. The molecule has 0 spiro atoms. The van der Waals surface area contributed by atoms with Gasteiger partial charge in [0.2, 0.25) is 0 Å². The van der Waals surface area contributed by atoms with E-state index < -0.39 is 23.6 Å². The van der Waals surface area contributed by atoms with Gasteiger partial charge in [-0.25, -0.2) is 8.78 Å². The second-order valence-electron chi connectivity index (χ2n) is 4.30. The number of nitrogens with one attached hydrogen (secondary N) is 2. The molecule has 110 valence electrons. The Morgan fingerprint density at radius 3 is 2.71 bits per heavy atom. The largest absolute Gasteiger partial charge is 0.345 e. The normalized spacial score (nSPS) is 12.1. The average Bonchev–Trinajstić information content (AvgIpc) is 2.46. The number of benzene rings is 1. The molecular weight excluding hydrogens is 274 g/mol. The molecule has 0 aliphatic carbocycles. The van der Waals surface area contributed by atoms with Crippen molar-refractivity contribution in [1.29, 1.82) is 5.41 Å². The molecule has 1 aromatic carbocycles. The molecule has 1 amide bonds. The minimum absolute atomic E-state index is 0.173. The molecule has 5 heteroatoms. The third-order valence-corrected chi connectivity index (χ3v) is 2.81. The van der Waals surface area contributed by atoms with Crippen molar-refractivity contribution in [1.82, 2.24) is 5.32 Å². The van der Waals surface area contributed by atoms with Gasteiger partial charge in [-0.1, -0.05) is 18.1 Å². The van der Waals surface area contributed by atoms with Gasteiger partial charge >= 0.3 is 0 Å². The van der Waals surface area contributed by atoms with E-state index in [0.29, 0.717) is 12.0 Å². The monoisotopic (exact) mass is 290 g/mol. The summed E-state index contributed by atoms with van der Waals surface area (Å²) in [5.41, 5.74) is 0.618. The summed E-state index contributed by atoms with van der Waals surface area (Å²) < 4.78 is 26.0. The van der Waals surface area contributed by atoms with Crippen LogP contribution in [-0.4, -0.2) is 12.1 Å². The minimum Gasteiger partial charge on any atom is -0.345 e. The van der Waals surface area contributed by atoms with Gasteiger partial charge in [0.1, 0.15) is 0 Å².